The molecule has 0 saturated heterocycles. The van der Waals surface area contributed by atoms with Gasteiger partial charge in [0.15, 0.2) is 0 Å². The average molecular weight is 313 g/mol. The Kier molecular flexibility index (Phi) is 5.14. The van der Waals surface area contributed by atoms with E-state index in [9.17, 15) is 18.0 Å². The predicted octanol–water partition coefficient (Wildman–Crippen LogP) is 3.90. The lowest BCUT2D eigenvalue weighted by Gasteiger charge is -2.15. The first-order valence-electron chi connectivity index (χ1n) is 7.76. The minimum absolute atomic E-state index is 0.109. The number of carbonyl (C=O) groups is 1. The molecule has 0 bridgehead atoms. The summed E-state index contributed by atoms with van der Waals surface area (Å²) >= 11 is 0. The van der Waals surface area contributed by atoms with E-state index in [1.807, 2.05) is 19.9 Å². The molecule has 0 fully saturated rings. The zero-order valence-electron chi connectivity index (χ0n) is 13.0. The minimum Gasteiger partial charge on any atom is -0.356 e. The van der Waals surface area contributed by atoms with Crippen LogP contribution < -0.4 is 5.32 Å². The fourth-order valence-corrected chi connectivity index (χ4v) is 2.83. The molecular weight excluding hydrogens is 291 g/mol. The summed E-state index contributed by atoms with van der Waals surface area (Å²) in [5.41, 5.74) is 1.33. The third kappa shape index (κ3) is 4.24. The standard InChI is InChI=1S/C17H22F3NO/c1-11(2)10-21-16(22)7-6-12-8-13-4-3-5-14(13)15(9-12)17(18,19)20/h8-9,11H,3-7,10H2,1-2H3,(H,21,22). The molecule has 1 amide bonds. The van der Waals surface area contributed by atoms with Crippen LogP contribution in [0.2, 0.25) is 0 Å². The molecule has 0 atom stereocenters. The van der Waals surface area contributed by atoms with Crippen molar-refractivity contribution in [3.63, 3.8) is 0 Å². The highest BCUT2D eigenvalue weighted by Crippen LogP contribution is 2.38. The third-order valence-corrected chi connectivity index (χ3v) is 3.93. The highest BCUT2D eigenvalue weighted by Gasteiger charge is 2.35. The number of carbonyl (C=O) groups excluding carboxylic acids is 1. The molecule has 0 spiro atoms. The van der Waals surface area contributed by atoms with Crippen molar-refractivity contribution in [2.24, 2.45) is 5.92 Å². The smallest absolute Gasteiger partial charge is 0.356 e. The van der Waals surface area contributed by atoms with Crippen LogP contribution >= 0.6 is 0 Å². The largest absolute Gasteiger partial charge is 0.416 e. The van der Waals surface area contributed by atoms with E-state index in [0.29, 0.717) is 42.9 Å². The molecule has 5 heteroatoms. The Hall–Kier alpha value is -1.52. The number of benzene rings is 1. The van der Waals surface area contributed by atoms with Gasteiger partial charge in [0.25, 0.3) is 0 Å². The van der Waals surface area contributed by atoms with Gasteiger partial charge < -0.3 is 5.32 Å². The Morgan fingerprint density at radius 2 is 2.00 bits per heavy atom. The summed E-state index contributed by atoms with van der Waals surface area (Å²) in [6.07, 6.45) is -1.77. The Labute approximate surface area is 129 Å². The van der Waals surface area contributed by atoms with Crippen LogP contribution in [-0.2, 0) is 30.2 Å². The average Bonchev–Trinajstić information content (AvgIpc) is 2.88. The van der Waals surface area contributed by atoms with Gasteiger partial charge in [0.05, 0.1) is 5.56 Å². The molecule has 2 rings (SSSR count). The second-order valence-corrected chi connectivity index (χ2v) is 6.33. The number of hydrogen-bond acceptors (Lipinski definition) is 1. The monoisotopic (exact) mass is 313 g/mol. The van der Waals surface area contributed by atoms with Crippen LogP contribution in [0.15, 0.2) is 12.1 Å². The predicted molar refractivity (Wildman–Crippen MR) is 79.6 cm³/mol. The van der Waals surface area contributed by atoms with Crippen molar-refractivity contribution in [1.82, 2.24) is 5.32 Å². The van der Waals surface area contributed by atoms with Crippen LogP contribution in [0.25, 0.3) is 0 Å². The number of halogens is 3. The topological polar surface area (TPSA) is 29.1 Å². The number of rotatable bonds is 5. The molecule has 1 aromatic carbocycles. The molecule has 2 nitrogen and oxygen atoms in total. The van der Waals surface area contributed by atoms with Crippen LogP contribution in [0.4, 0.5) is 13.2 Å². The summed E-state index contributed by atoms with van der Waals surface area (Å²) in [6, 6.07) is 3.06. The van der Waals surface area contributed by atoms with Crippen molar-refractivity contribution < 1.29 is 18.0 Å². The molecule has 122 valence electrons. The number of aryl methyl sites for hydroxylation is 2. The first kappa shape index (κ1) is 16.8. The summed E-state index contributed by atoms with van der Waals surface area (Å²) < 4.78 is 39.5. The Morgan fingerprint density at radius 1 is 1.27 bits per heavy atom. The number of fused-ring (bicyclic) bond motifs is 1. The maximum absolute atomic E-state index is 13.2. The number of alkyl halides is 3. The van der Waals surface area contributed by atoms with Crippen molar-refractivity contribution in [2.45, 2.75) is 52.1 Å². The normalized spacial score (nSPS) is 14.3. The van der Waals surface area contributed by atoms with Crippen LogP contribution in [0.5, 0.6) is 0 Å². The van der Waals surface area contributed by atoms with Gasteiger partial charge in [-0.2, -0.15) is 13.2 Å². The molecule has 0 unspecified atom stereocenters. The van der Waals surface area contributed by atoms with Crippen molar-refractivity contribution in [3.8, 4) is 0 Å². The van der Waals surface area contributed by atoms with Crippen molar-refractivity contribution in [3.05, 3.63) is 34.4 Å². The number of hydrogen-bond donors (Lipinski definition) is 1. The lowest BCUT2D eigenvalue weighted by Crippen LogP contribution is -2.27. The van der Waals surface area contributed by atoms with Gasteiger partial charge in [0.1, 0.15) is 0 Å². The van der Waals surface area contributed by atoms with Gasteiger partial charge in [-0.25, -0.2) is 0 Å². The molecule has 0 aromatic heterocycles. The van der Waals surface area contributed by atoms with Gasteiger partial charge in [-0.15, -0.1) is 0 Å². The fourth-order valence-electron chi connectivity index (χ4n) is 2.83. The van der Waals surface area contributed by atoms with E-state index in [0.717, 1.165) is 12.0 Å². The molecule has 1 aromatic rings. The summed E-state index contributed by atoms with van der Waals surface area (Å²) in [5, 5.41) is 2.79. The van der Waals surface area contributed by atoms with Gasteiger partial charge in [0, 0.05) is 13.0 Å². The summed E-state index contributed by atoms with van der Waals surface area (Å²) in [5.74, 6) is 0.253. The van der Waals surface area contributed by atoms with Gasteiger partial charge in [-0.3, -0.25) is 4.79 Å². The van der Waals surface area contributed by atoms with Crippen molar-refractivity contribution in [1.29, 1.82) is 0 Å². The lowest BCUT2D eigenvalue weighted by atomic mass is 9.97. The SMILES string of the molecule is CC(C)CNC(=O)CCc1cc2c(c(C(F)(F)F)c1)CCC2. The van der Waals surface area contributed by atoms with E-state index in [1.54, 1.807) is 0 Å². The first-order valence-corrected chi connectivity index (χ1v) is 7.76. The second kappa shape index (κ2) is 6.71. The summed E-state index contributed by atoms with van der Waals surface area (Å²) in [6.45, 7) is 4.59. The number of amides is 1. The second-order valence-electron chi connectivity index (χ2n) is 6.33. The van der Waals surface area contributed by atoms with E-state index >= 15 is 0 Å². The van der Waals surface area contributed by atoms with E-state index in [1.165, 1.54) is 6.07 Å². The van der Waals surface area contributed by atoms with Gasteiger partial charge in [0.2, 0.25) is 5.91 Å². The maximum atomic E-state index is 13.2. The first-order chi connectivity index (χ1) is 10.3. The van der Waals surface area contributed by atoms with E-state index in [-0.39, 0.29) is 12.3 Å². The van der Waals surface area contributed by atoms with E-state index in [4.69, 9.17) is 0 Å². The Bertz CT molecular complexity index is 550. The van der Waals surface area contributed by atoms with Crippen LogP contribution in [0.1, 0.15) is 48.9 Å². The Balaban J connectivity index is 2.08. The highest BCUT2D eigenvalue weighted by molar-refractivity contribution is 5.76. The van der Waals surface area contributed by atoms with Crippen LogP contribution in [0, 0.1) is 5.92 Å². The molecule has 22 heavy (non-hydrogen) atoms. The summed E-state index contributed by atoms with van der Waals surface area (Å²) in [4.78, 5) is 11.7. The highest BCUT2D eigenvalue weighted by atomic mass is 19.4. The molecule has 1 aliphatic carbocycles. The molecule has 0 heterocycles. The third-order valence-electron chi connectivity index (χ3n) is 3.93. The Morgan fingerprint density at radius 3 is 2.64 bits per heavy atom. The molecular formula is C17H22F3NO. The van der Waals surface area contributed by atoms with E-state index in [2.05, 4.69) is 5.32 Å². The number of nitrogens with one attached hydrogen (secondary N) is 1. The van der Waals surface area contributed by atoms with Crippen LogP contribution in [0.3, 0.4) is 0 Å². The van der Waals surface area contributed by atoms with Crippen molar-refractivity contribution >= 4 is 5.91 Å². The van der Waals surface area contributed by atoms with E-state index < -0.39 is 11.7 Å². The quantitative estimate of drug-likeness (QED) is 0.877. The van der Waals surface area contributed by atoms with Crippen LogP contribution in [-0.4, -0.2) is 12.5 Å². The molecule has 0 radical (unpaired) electrons. The van der Waals surface area contributed by atoms with Gasteiger partial charge in [-0.1, -0.05) is 19.9 Å². The minimum atomic E-state index is -4.32. The maximum Gasteiger partial charge on any atom is 0.416 e. The van der Waals surface area contributed by atoms with Gasteiger partial charge in [-0.05, 0) is 54.4 Å². The molecule has 0 aliphatic heterocycles. The zero-order valence-corrected chi connectivity index (χ0v) is 13.0. The fraction of sp³-hybridized carbons (Fsp3) is 0.588. The molecule has 1 aliphatic rings. The molecule has 1 N–H and O–H groups in total. The summed E-state index contributed by atoms with van der Waals surface area (Å²) in [7, 11) is 0. The van der Waals surface area contributed by atoms with Crippen molar-refractivity contribution in [2.75, 3.05) is 6.54 Å². The lowest BCUT2D eigenvalue weighted by molar-refractivity contribution is -0.138. The zero-order chi connectivity index (χ0) is 16.3. The molecule has 0 saturated carbocycles. The van der Waals surface area contributed by atoms with Gasteiger partial charge >= 0.3 is 6.18 Å².